The second kappa shape index (κ2) is 15.8. The van der Waals surface area contributed by atoms with E-state index in [-0.39, 0.29) is 32.3 Å². The molecule has 0 aromatic carbocycles. The van der Waals surface area contributed by atoms with Gasteiger partial charge in [0.05, 0.1) is 6.61 Å². The minimum absolute atomic E-state index is 0. The van der Waals surface area contributed by atoms with Gasteiger partial charge in [0.1, 0.15) is 12.5 Å². The third kappa shape index (κ3) is 15.6. The number of carbonyl (C=O) groups excluding carboxylic acids is 2. The van der Waals surface area contributed by atoms with Gasteiger partial charge >= 0.3 is 11.9 Å². The molecule has 4 nitrogen and oxygen atoms in total. The Bertz CT molecular complexity index is 1030. The average molecular weight is 361 g/mol. The minimum Gasteiger partial charge on any atom is -0.466 e. The topological polar surface area (TPSA) is 52.6 Å². The number of terminal acetylenes is 1. The molecule has 0 spiro atoms. The van der Waals surface area contributed by atoms with Crippen molar-refractivity contribution in [1.82, 2.24) is 0 Å². The van der Waals surface area contributed by atoms with Gasteiger partial charge in [-0.25, -0.2) is 0 Å². The summed E-state index contributed by atoms with van der Waals surface area (Å²) in [7, 11) is 0. The Balaban J connectivity index is -0.0000000188. The summed E-state index contributed by atoms with van der Waals surface area (Å²) in [5.41, 5.74) is 0. The Morgan fingerprint density at radius 2 is 1.20 bits per heavy atom. The number of esters is 2. The van der Waals surface area contributed by atoms with Crippen molar-refractivity contribution < 1.29 is 44.7 Å². The molecule has 0 saturated carbocycles. The first-order valence-electron chi connectivity index (χ1n) is 6.51. The lowest BCUT2D eigenvalue weighted by atomic mass is 10.4. The molecule has 0 fully saturated rings. The van der Waals surface area contributed by atoms with Crippen molar-refractivity contribution >= 4 is 11.9 Å². The summed E-state index contributed by atoms with van der Waals surface area (Å²) in [4.78, 5) is 22.1. The number of carbonyl (C=O) groups is 2. The first kappa shape index (κ1) is 20.4. The third-order valence-corrected chi connectivity index (χ3v) is 1.63. The van der Waals surface area contributed by atoms with Crippen molar-refractivity contribution in [2.45, 2.75) is 13.3 Å². The third-order valence-electron chi connectivity index (χ3n) is 1.63. The van der Waals surface area contributed by atoms with Crippen LogP contribution in [0.4, 0.5) is 0 Å². The van der Waals surface area contributed by atoms with Gasteiger partial charge in [-0.2, -0.15) is 0 Å². The van der Waals surface area contributed by atoms with E-state index in [1.807, 2.05) is 6.11 Å². The summed E-state index contributed by atoms with van der Waals surface area (Å²) in [6.45, 7) is 1.81. The molecular formula is C21H44O4. The fraction of sp³-hybridized carbons (Fsp3) is 0.143. The zero-order valence-electron chi connectivity index (χ0n) is 13.1. The summed E-state index contributed by atoms with van der Waals surface area (Å²) in [6.07, 6.45) is 6.41. The summed E-state index contributed by atoms with van der Waals surface area (Å²) in [6, 6.07) is 0. The van der Waals surface area contributed by atoms with Crippen LogP contribution in [0.15, 0.2) is 0 Å². The molecule has 0 unspecified atom stereocenters. The Kier molecular flexibility index (Phi) is 12.9. The lowest BCUT2D eigenvalue weighted by Gasteiger charge is -1.97. The maximum atomic E-state index is 11.1. The van der Waals surface area contributed by atoms with Crippen molar-refractivity contribution in [2.24, 2.45) is 0 Å². The average Bonchev–Trinajstić information content (AvgIpc) is 2.58. The first-order chi connectivity index (χ1) is 12.2. The number of ether oxygens (including phenoxy) is 2. The maximum absolute atomic E-state index is 11.1. The smallest absolute Gasteiger partial charge is 0.331 e. The van der Waals surface area contributed by atoms with Crippen LogP contribution >= 0.6 is 0 Å². The monoisotopic (exact) mass is 360 g/mol. The molecule has 152 valence electrons. The minimum atomic E-state index is -0.823. The van der Waals surface area contributed by atoms with Crippen molar-refractivity contribution in [3.63, 3.8) is 0 Å². The molecule has 0 aliphatic rings. The molecule has 0 rings (SSSR count). The molecule has 0 aliphatic carbocycles. The van der Waals surface area contributed by atoms with Gasteiger partial charge in [0.2, 0.25) is 0 Å². The predicted octanol–water partition coefficient (Wildman–Crippen LogP) is 4.53. The molecule has 0 heterocycles. The van der Waals surface area contributed by atoms with Crippen molar-refractivity contribution in [3.05, 3.63) is 0 Å². The van der Waals surface area contributed by atoms with E-state index in [2.05, 4.69) is 92.4 Å². The Hall–Kier alpha value is -4.58. The van der Waals surface area contributed by atoms with Crippen molar-refractivity contribution in [2.75, 3.05) is 6.61 Å². The molecule has 0 amide bonds. The second-order valence-corrected chi connectivity index (χ2v) is 3.33. The summed E-state index contributed by atoms with van der Waals surface area (Å²) < 4.78 is 9.00. The van der Waals surface area contributed by atoms with E-state index in [4.69, 9.17) is 6.42 Å². The van der Waals surface area contributed by atoms with Crippen LogP contribution < -0.4 is 0 Å². The zero-order valence-corrected chi connectivity index (χ0v) is 13.1. The van der Waals surface area contributed by atoms with E-state index in [0.29, 0.717) is 0 Å². The highest BCUT2D eigenvalue weighted by atomic mass is 16.5. The van der Waals surface area contributed by atoms with Crippen LogP contribution in [-0.2, 0) is 19.1 Å². The van der Waals surface area contributed by atoms with Gasteiger partial charge in [-0.1, -0.05) is 0 Å². The number of hydrogen-bond donors (Lipinski definition) is 0. The highest BCUT2D eigenvalue weighted by Crippen LogP contribution is 1.89. The lowest BCUT2D eigenvalue weighted by molar-refractivity contribution is -0.150. The molecule has 25 heavy (non-hydrogen) atoms. The van der Waals surface area contributed by atoms with E-state index < -0.39 is 18.4 Å². The fourth-order valence-corrected chi connectivity index (χ4v) is 0.854. The predicted molar refractivity (Wildman–Crippen MR) is 129 cm³/mol. The van der Waals surface area contributed by atoms with E-state index >= 15 is 0 Å². The SMILES string of the molecule is C#CC#CC#CC#CC#CC#CC#CC#COC(=O)CC(=O)OCC.[HH].[HH].[HH].[HH].[HH].[HH].[HH].[HH].[HH].[HH].[HH].[HH].[HH].[HH].[HH].[HH].[HH].[HH]. The normalized spacial score (nSPS) is 5.76. The van der Waals surface area contributed by atoms with Crippen LogP contribution in [0.3, 0.4) is 0 Å². The van der Waals surface area contributed by atoms with E-state index in [1.165, 1.54) is 0 Å². The van der Waals surface area contributed by atoms with Gasteiger partial charge < -0.3 is 9.47 Å². The standard InChI is InChI=1S/C21H8O4.18H2/c1-3-5-6-7-8-9-10-11-12-13-14-15-16-17-18-25-21(23)19-20(22)24-4-2;;;;;;;;;;;;;;;;;;/h1H,4,19H2,2H3;18*1H. The fourth-order valence-electron chi connectivity index (χ4n) is 0.854. The molecule has 0 bridgehead atoms. The van der Waals surface area contributed by atoms with E-state index in [1.54, 1.807) is 6.92 Å². The Morgan fingerprint density at radius 1 is 0.760 bits per heavy atom. The maximum Gasteiger partial charge on any atom is 0.331 e. The molecule has 0 aromatic heterocycles. The molecule has 0 N–H and O–H groups in total. The van der Waals surface area contributed by atoms with Gasteiger partial charge in [0.25, 0.3) is 0 Å². The second-order valence-electron chi connectivity index (χ2n) is 3.33. The Morgan fingerprint density at radius 3 is 1.64 bits per heavy atom. The van der Waals surface area contributed by atoms with Crippen LogP contribution in [0.25, 0.3) is 0 Å². The highest BCUT2D eigenvalue weighted by molar-refractivity contribution is 5.91. The van der Waals surface area contributed by atoms with Crippen LogP contribution in [0.1, 0.15) is 39.0 Å². The van der Waals surface area contributed by atoms with Crippen molar-refractivity contribution in [1.29, 1.82) is 0 Å². The number of rotatable bonds is 3. The molecule has 4 heteroatoms. The van der Waals surface area contributed by atoms with Gasteiger partial charge in [-0.05, 0) is 48.4 Å². The van der Waals surface area contributed by atoms with Crippen LogP contribution in [0.5, 0.6) is 0 Å². The molecular weight excluding hydrogens is 316 g/mol. The van der Waals surface area contributed by atoms with Crippen LogP contribution in [0, 0.1) is 95.4 Å². The van der Waals surface area contributed by atoms with Crippen molar-refractivity contribution in [3.8, 4) is 95.4 Å². The lowest BCUT2D eigenvalue weighted by Crippen LogP contribution is -2.11. The van der Waals surface area contributed by atoms with Crippen LogP contribution in [-0.4, -0.2) is 18.5 Å². The summed E-state index contributed by atoms with van der Waals surface area (Å²) in [5, 5.41) is 0. The molecule has 0 aliphatic heterocycles. The first-order valence-corrected chi connectivity index (χ1v) is 6.51. The van der Waals surface area contributed by atoms with Gasteiger partial charge in [0, 0.05) is 67.1 Å². The largest absolute Gasteiger partial charge is 0.466 e. The highest BCUT2D eigenvalue weighted by Gasteiger charge is 2.10. The van der Waals surface area contributed by atoms with E-state index in [9.17, 15) is 9.59 Å². The number of hydrogen-bond acceptors (Lipinski definition) is 4. The van der Waals surface area contributed by atoms with Gasteiger partial charge in [-0.3, -0.25) is 9.59 Å². The van der Waals surface area contributed by atoms with Crippen LogP contribution in [0.2, 0.25) is 0 Å². The quantitative estimate of drug-likeness (QED) is 0.422. The molecule has 0 aromatic rings. The van der Waals surface area contributed by atoms with E-state index in [0.717, 1.165) is 0 Å². The molecule has 0 saturated heterocycles. The summed E-state index contributed by atoms with van der Waals surface area (Å²) in [5.74, 6) is 31.6. The zero-order chi connectivity index (χ0) is 18.6. The Labute approximate surface area is 173 Å². The molecule has 0 atom stereocenters. The molecule has 0 radical (unpaired) electrons. The van der Waals surface area contributed by atoms with Gasteiger partial charge in [0.15, 0.2) is 0 Å². The van der Waals surface area contributed by atoms with Gasteiger partial charge in [-0.15, -0.1) is 6.42 Å². The summed E-state index contributed by atoms with van der Waals surface area (Å²) >= 11 is 0.